The molecule has 2 heterocycles. The van der Waals surface area contributed by atoms with E-state index in [1.807, 2.05) is 37.3 Å². The quantitative estimate of drug-likeness (QED) is 0.813. The number of anilines is 1. The number of esters is 1. The molecular weight excluding hydrogens is 280 g/mol. The minimum atomic E-state index is -0.337. The average molecular weight is 298 g/mol. The summed E-state index contributed by atoms with van der Waals surface area (Å²) in [4.78, 5) is 12.0. The molecule has 0 unspecified atom stereocenters. The molecule has 1 aliphatic rings. The summed E-state index contributed by atoms with van der Waals surface area (Å²) in [6, 6.07) is 7.32. The number of aryl methyl sites for hydroxylation is 1. The van der Waals surface area contributed by atoms with Gasteiger partial charge in [-0.1, -0.05) is 0 Å². The van der Waals surface area contributed by atoms with E-state index in [9.17, 15) is 4.79 Å². The fourth-order valence-corrected chi connectivity index (χ4v) is 2.31. The van der Waals surface area contributed by atoms with Gasteiger partial charge in [0.25, 0.3) is 0 Å². The van der Waals surface area contributed by atoms with Crippen LogP contribution in [0.4, 0.5) is 5.69 Å². The Balaban J connectivity index is 1.61. The Morgan fingerprint density at radius 1 is 1.32 bits per heavy atom. The van der Waals surface area contributed by atoms with Crippen LogP contribution < -0.4 is 5.01 Å². The van der Waals surface area contributed by atoms with E-state index in [2.05, 4.69) is 10.2 Å². The number of benzene rings is 1. The molecule has 22 heavy (non-hydrogen) atoms. The van der Waals surface area contributed by atoms with E-state index in [1.165, 1.54) is 0 Å². The van der Waals surface area contributed by atoms with Crippen molar-refractivity contribution in [2.45, 2.75) is 20.0 Å². The number of hydrogen-bond acceptors (Lipinski definition) is 5. The van der Waals surface area contributed by atoms with Crippen molar-refractivity contribution in [2.75, 3.05) is 11.6 Å². The molecule has 1 aliphatic heterocycles. The summed E-state index contributed by atoms with van der Waals surface area (Å²) in [6.45, 7) is 3.13. The molecule has 0 fully saturated rings. The van der Waals surface area contributed by atoms with Crippen LogP contribution in [0.3, 0.4) is 0 Å². The van der Waals surface area contributed by atoms with Gasteiger partial charge in [0, 0.05) is 37.5 Å². The summed E-state index contributed by atoms with van der Waals surface area (Å²) >= 11 is 0. The van der Waals surface area contributed by atoms with Gasteiger partial charge >= 0.3 is 5.97 Å². The van der Waals surface area contributed by atoms with Gasteiger partial charge in [-0.2, -0.15) is 10.2 Å². The molecule has 0 amide bonds. The lowest BCUT2D eigenvalue weighted by atomic mass is 10.2. The fourth-order valence-electron chi connectivity index (χ4n) is 2.31. The highest BCUT2D eigenvalue weighted by molar-refractivity contribution is 5.90. The van der Waals surface area contributed by atoms with E-state index in [-0.39, 0.29) is 12.6 Å². The van der Waals surface area contributed by atoms with Crippen molar-refractivity contribution in [2.24, 2.45) is 12.1 Å². The number of carbonyl (C=O) groups is 1. The Labute approximate surface area is 129 Å². The molecule has 6 nitrogen and oxygen atoms in total. The summed E-state index contributed by atoms with van der Waals surface area (Å²) in [5.41, 5.74) is 3.52. The van der Waals surface area contributed by atoms with Crippen LogP contribution in [0.25, 0.3) is 0 Å². The first kappa shape index (κ1) is 14.3. The Kier molecular flexibility index (Phi) is 3.91. The fraction of sp³-hybridized carbons (Fsp3) is 0.312. The minimum Gasteiger partial charge on any atom is -0.457 e. The van der Waals surface area contributed by atoms with Crippen molar-refractivity contribution in [3.05, 3.63) is 47.8 Å². The smallest absolute Gasteiger partial charge is 0.338 e. The summed E-state index contributed by atoms with van der Waals surface area (Å²) < 4.78 is 6.95. The Morgan fingerprint density at radius 2 is 2.09 bits per heavy atom. The summed E-state index contributed by atoms with van der Waals surface area (Å²) in [7, 11) is 1.83. The Morgan fingerprint density at radius 3 is 2.68 bits per heavy atom. The predicted octanol–water partition coefficient (Wildman–Crippen LogP) is 2.36. The lowest BCUT2D eigenvalue weighted by Gasteiger charge is -2.13. The van der Waals surface area contributed by atoms with Gasteiger partial charge in [-0.3, -0.25) is 9.69 Å². The molecule has 1 aromatic heterocycles. The van der Waals surface area contributed by atoms with Crippen LogP contribution in [0.15, 0.2) is 41.8 Å². The molecule has 0 aliphatic carbocycles. The van der Waals surface area contributed by atoms with Gasteiger partial charge in [0.2, 0.25) is 0 Å². The van der Waals surface area contributed by atoms with Gasteiger partial charge < -0.3 is 4.74 Å². The maximum atomic E-state index is 12.0. The highest BCUT2D eigenvalue weighted by Crippen LogP contribution is 2.20. The van der Waals surface area contributed by atoms with Crippen molar-refractivity contribution >= 4 is 17.4 Å². The van der Waals surface area contributed by atoms with E-state index < -0.39 is 0 Å². The molecule has 0 saturated carbocycles. The van der Waals surface area contributed by atoms with Gasteiger partial charge in [-0.15, -0.1) is 0 Å². The maximum absolute atomic E-state index is 12.0. The normalized spacial score (nSPS) is 14.1. The van der Waals surface area contributed by atoms with E-state index in [0.717, 1.165) is 29.9 Å². The molecule has 0 atom stereocenters. The standard InChI is InChI=1S/C16H18N4O2/c1-12-7-8-20(18-12)15-5-3-14(4-6-15)16(21)22-11-13-9-17-19(2)10-13/h3-6,9-10H,7-8,11H2,1-2H3. The van der Waals surface area contributed by atoms with Crippen LogP contribution in [0.2, 0.25) is 0 Å². The van der Waals surface area contributed by atoms with Gasteiger partial charge in [-0.05, 0) is 31.2 Å². The zero-order chi connectivity index (χ0) is 15.5. The van der Waals surface area contributed by atoms with Gasteiger partial charge in [0.15, 0.2) is 0 Å². The van der Waals surface area contributed by atoms with Crippen LogP contribution in [-0.4, -0.2) is 28.0 Å². The van der Waals surface area contributed by atoms with Crippen LogP contribution >= 0.6 is 0 Å². The molecular formula is C16H18N4O2. The number of hydrogen-bond donors (Lipinski definition) is 0. The molecule has 2 aromatic rings. The topological polar surface area (TPSA) is 59.7 Å². The highest BCUT2D eigenvalue weighted by atomic mass is 16.5. The zero-order valence-electron chi connectivity index (χ0n) is 12.7. The third kappa shape index (κ3) is 3.16. The van der Waals surface area contributed by atoms with Crippen LogP contribution in [0, 0.1) is 0 Å². The SMILES string of the molecule is CC1=NN(c2ccc(C(=O)OCc3cnn(C)c3)cc2)CC1. The highest BCUT2D eigenvalue weighted by Gasteiger charge is 2.14. The first-order valence-electron chi connectivity index (χ1n) is 7.18. The van der Waals surface area contributed by atoms with E-state index in [1.54, 1.807) is 23.0 Å². The average Bonchev–Trinajstić information content (AvgIpc) is 3.13. The van der Waals surface area contributed by atoms with Crippen LogP contribution in [0.1, 0.15) is 29.3 Å². The second-order valence-corrected chi connectivity index (χ2v) is 5.35. The molecule has 0 saturated heterocycles. The second kappa shape index (κ2) is 6.01. The summed E-state index contributed by atoms with van der Waals surface area (Å²) in [5, 5.41) is 10.4. The number of rotatable bonds is 4. The van der Waals surface area contributed by atoms with E-state index in [0.29, 0.717) is 5.56 Å². The minimum absolute atomic E-state index is 0.226. The van der Waals surface area contributed by atoms with Gasteiger partial charge in [0.1, 0.15) is 6.61 Å². The Hall–Kier alpha value is -2.63. The predicted molar refractivity (Wildman–Crippen MR) is 83.8 cm³/mol. The van der Waals surface area contributed by atoms with Gasteiger partial charge in [0.05, 0.1) is 17.4 Å². The number of hydrazone groups is 1. The lowest BCUT2D eigenvalue weighted by molar-refractivity contribution is 0.0472. The molecule has 3 rings (SSSR count). The molecule has 0 N–H and O–H groups in total. The molecule has 114 valence electrons. The molecule has 0 spiro atoms. The summed E-state index contributed by atoms with van der Waals surface area (Å²) in [5.74, 6) is -0.337. The van der Waals surface area contributed by atoms with Crippen molar-refractivity contribution in [3.63, 3.8) is 0 Å². The third-order valence-electron chi connectivity index (χ3n) is 3.51. The number of aromatic nitrogens is 2. The lowest BCUT2D eigenvalue weighted by Crippen LogP contribution is -2.12. The second-order valence-electron chi connectivity index (χ2n) is 5.35. The number of carbonyl (C=O) groups excluding carboxylic acids is 1. The van der Waals surface area contributed by atoms with E-state index >= 15 is 0 Å². The monoisotopic (exact) mass is 298 g/mol. The maximum Gasteiger partial charge on any atom is 0.338 e. The van der Waals surface area contributed by atoms with Crippen molar-refractivity contribution in [3.8, 4) is 0 Å². The molecule has 0 radical (unpaired) electrons. The van der Waals surface area contributed by atoms with Crippen molar-refractivity contribution in [1.29, 1.82) is 0 Å². The van der Waals surface area contributed by atoms with Crippen molar-refractivity contribution < 1.29 is 9.53 Å². The Bertz CT molecular complexity index is 703. The zero-order valence-corrected chi connectivity index (χ0v) is 12.7. The molecule has 1 aromatic carbocycles. The largest absolute Gasteiger partial charge is 0.457 e. The number of nitrogens with zero attached hydrogens (tertiary/aromatic N) is 4. The van der Waals surface area contributed by atoms with Crippen LogP contribution in [-0.2, 0) is 18.4 Å². The summed E-state index contributed by atoms with van der Waals surface area (Å²) in [6.07, 6.45) is 4.49. The van der Waals surface area contributed by atoms with Crippen molar-refractivity contribution in [1.82, 2.24) is 9.78 Å². The third-order valence-corrected chi connectivity index (χ3v) is 3.51. The van der Waals surface area contributed by atoms with Gasteiger partial charge in [-0.25, -0.2) is 4.79 Å². The first-order valence-corrected chi connectivity index (χ1v) is 7.18. The van der Waals surface area contributed by atoms with E-state index in [4.69, 9.17) is 4.74 Å². The number of ether oxygens (including phenoxy) is 1. The molecule has 0 bridgehead atoms. The molecule has 6 heteroatoms. The first-order chi connectivity index (χ1) is 10.6. The van der Waals surface area contributed by atoms with Crippen LogP contribution in [0.5, 0.6) is 0 Å².